The summed E-state index contributed by atoms with van der Waals surface area (Å²) in [7, 11) is -3.99. The Hall–Kier alpha value is -2.17. The second-order valence-electron chi connectivity index (χ2n) is 6.30. The highest BCUT2D eigenvalue weighted by molar-refractivity contribution is 7.89. The van der Waals surface area contributed by atoms with Crippen LogP contribution in [0.4, 0.5) is 13.2 Å². The molecule has 5 nitrogen and oxygen atoms in total. The number of aromatic nitrogens is 1. The van der Waals surface area contributed by atoms with Crippen molar-refractivity contribution in [3.05, 3.63) is 57.0 Å². The summed E-state index contributed by atoms with van der Waals surface area (Å²) in [4.78, 5) is 0.917. The molecular weight excluding hydrogens is 413 g/mol. The van der Waals surface area contributed by atoms with Gasteiger partial charge in [0, 0.05) is 27.9 Å². The number of rotatable bonds is 5. The van der Waals surface area contributed by atoms with E-state index in [0.29, 0.717) is 15.8 Å². The Morgan fingerprint density at radius 3 is 2.32 bits per heavy atom. The van der Waals surface area contributed by atoms with Crippen LogP contribution in [0, 0.1) is 20.8 Å². The lowest BCUT2D eigenvalue weighted by Crippen LogP contribution is -2.24. The molecule has 0 bridgehead atoms. The molecule has 10 heteroatoms. The summed E-state index contributed by atoms with van der Waals surface area (Å²) in [5.74, 6) is -1.28. The second kappa shape index (κ2) is 7.34. The largest absolute Gasteiger partial charge is 0.452 e. The molecule has 0 radical (unpaired) electrons. The van der Waals surface area contributed by atoms with Gasteiger partial charge in [-0.15, -0.1) is 11.3 Å². The number of thiophene rings is 1. The number of aryl methyl sites for hydroxylation is 3. The van der Waals surface area contributed by atoms with E-state index < -0.39 is 22.0 Å². The Kier molecular flexibility index (Phi) is 5.39. The van der Waals surface area contributed by atoms with Crippen LogP contribution in [-0.2, 0) is 22.7 Å². The van der Waals surface area contributed by atoms with Crippen molar-refractivity contribution in [3.63, 3.8) is 0 Å². The first-order valence-corrected chi connectivity index (χ1v) is 10.5. The van der Waals surface area contributed by atoms with Gasteiger partial charge >= 0.3 is 6.18 Å². The summed E-state index contributed by atoms with van der Waals surface area (Å²) >= 11 is 1.18. The normalized spacial score (nSPS) is 12.5. The van der Waals surface area contributed by atoms with E-state index in [4.69, 9.17) is 0 Å². The van der Waals surface area contributed by atoms with Gasteiger partial charge in [-0.05, 0) is 26.3 Å². The summed E-state index contributed by atoms with van der Waals surface area (Å²) in [6.07, 6.45) is -4.70. The first-order chi connectivity index (χ1) is 13.0. The van der Waals surface area contributed by atoms with Crippen LogP contribution in [0.15, 0.2) is 39.8 Å². The molecule has 3 rings (SSSR count). The van der Waals surface area contributed by atoms with E-state index in [2.05, 4.69) is 14.4 Å². The van der Waals surface area contributed by atoms with Crippen LogP contribution in [-0.4, -0.2) is 13.6 Å². The molecule has 0 unspecified atom stereocenters. The molecule has 0 saturated carbocycles. The number of hydrogen-bond donors (Lipinski definition) is 1. The van der Waals surface area contributed by atoms with Gasteiger partial charge in [-0.1, -0.05) is 35.0 Å². The van der Waals surface area contributed by atoms with Gasteiger partial charge < -0.3 is 4.52 Å². The lowest BCUT2D eigenvalue weighted by Gasteiger charge is -2.09. The van der Waals surface area contributed by atoms with E-state index in [1.54, 1.807) is 26.0 Å². The summed E-state index contributed by atoms with van der Waals surface area (Å²) < 4.78 is 71.2. The van der Waals surface area contributed by atoms with Gasteiger partial charge in [0.05, 0.1) is 0 Å². The highest BCUT2D eigenvalue weighted by atomic mass is 32.2. The van der Waals surface area contributed by atoms with Crippen LogP contribution >= 0.6 is 11.3 Å². The third kappa shape index (κ3) is 4.13. The summed E-state index contributed by atoms with van der Waals surface area (Å²) in [5.41, 5.74) is 1.77. The molecular formula is C18H17F3N2O3S2. The van der Waals surface area contributed by atoms with Crippen LogP contribution in [0.2, 0.25) is 0 Å². The second-order valence-corrected chi connectivity index (χ2v) is 9.44. The Labute approximate surface area is 164 Å². The van der Waals surface area contributed by atoms with Crippen LogP contribution in [0.1, 0.15) is 26.6 Å². The molecule has 0 spiro atoms. The zero-order valence-electron chi connectivity index (χ0n) is 15.2. The van der Waals surface area contributed by atoms with Gasteiger partial charge in [0.25, 0.3) is 0 Å². The minimum Gasteiger partial charge on any atom is -0.351 e. The Morgan fingerprint density at radius 1 is 1.11 bits per heavy atom. The van der Waals surface area contributed by atoms with Gasteiger partial charge in [0.1, 0.15) is 10.6 Å². The van der Waals surface area contributed by atoms with Crippen molar-refractivity contribution in [2.24, 2.45) is 0 Å². The lowest BCUT2D eigenvalue weighted by atomic mass is 10.1. The average molecular weight is 430 g/mol. The summed E-state index contributed by atoms with van der Waals surface area (Å²) in [6, 6.07) is 8.05. The molecule has 0 aliphatic carbocycles. The minimum atomic E-state index is -4.70. The smallest absolute Gasteiger partial charge is 0.351 e. The molecule has 0 atom stereocenters. The number of nitrogens with zero attached hydrogens (tertiary/aromatic N) is 1. The Morgan fingerprint density at radius 2 is 1.75 bits per heavy atom. The molecule has 3 aromatic rings. The fraction of sp³-hybridized carbons (Fsp3) is 0.278. The van der Waals surface area contributed by atoms with Crippen molar-refractivity contribution < 1.29 is 26.1 Å². The predicted molar refractivity (Wildman–Crippen MR) is 99.5 cm³/mol. The van der Waals surface area contributed by atoms with Crippen molar-refractivity contribution >= 4 is 21.4 Å². The van der Waals surface area contributed by atoms with Crippen molar-refractivity contribution in [3.8, 4) is 11.3 Å². The SMILES string of the molecule is Cc1ccc(CNS(=O)(=O)c2c(C)sc(C)c2-c2cc(C(F)(F)F)on2)cc1. The van der Waals surface area contributed by atoms with Crippen LogP contribution in [0.25, 0.3) is 11.3 Å². The van der Waals surface area contributed by atoms with Crippen molar-refractivity contribution in [2.75, 3.05) is 0 Å². The number of nitrogens with one attached hydrogen (secondary N) is 1. The van der Waals surface area contributed by atoms with Crippen molar-refractivity contribution in [2.45, 2.75) is 38.4 Å². The van der Waals surface area contributed by atoms with E-state index in [9.17, 15) is 21.6 Å². The van der Waals surface area contributed by atoms with Crippen LogP contribution in [0.3, 0.4) is 0 Å². The number of alkyl halides is 3. The highest BCUT2D eigenvalue weighted by Crippen LogP contribution is 2.40. The van der Waals surface area contributed by atoms with E-state index >= 15 is 0 Å². The Bertz CT molecular complexity index is 1100. The third-order valence-electron chi connectivity index (χ3n) is 4.11. The molecule has 2 aromatic heterocycles. The number of sulfonamides is 1. The van der Waals surface area contributed by atoms with Crippen molar-refractivity contribution in [1.29, 1.82) is 0 Å². The molecule has 0 saturated heterocycles. The minimum absolute atomic E-state index is 0.0585. The van der Waals surface area contributed by atoms with Gasteiger partial charge in [-0.3, -0.25) is 0 Å². The summed E-state index contributed by atoms with van der Waals surface area (Å²) in [6.45, 7) is 5.22. The highest BCUT2D eigenvalue weighted by Gasteiger charge is 2.37. The average Bonchev–Trinajstić information content (AvgIpc) is 3.18. The predicted octanol–water partition coefficient (Wildman–Crippen LogP) is 4.83. The summed E-state index contributed by atoms with van der Waals surface area (Å²) in [5, 5.41) is 3.45. The molecule has 150 valence electrons. The zero-order chi connectivity index (χ0) is 20.7. The maximum absolute atomic E-state index is 12.9. The van der Waals surface area contributed by atoms with Gasteiger partial charge in [0.2, 0.25) is 15.8 Å². The zero-order valence-corrected chi connectivity index (χ0v) is 16.8. The third-order valence-corrected chi connectivity index (χ3v) is 6.83. The molecule has 0 amide bonds. The molecule has 0 aliphatic rings. The monoisotopic (exact) mass is 430 g/mol. The van der Waals surface area contributed by atoms with E-state index in [-0.39, 0.29) is 22.7 Å². The van der Waals surface area contributed by atoms with E-state index in [1.807, 2.05) is 19.1 Å². The van der Waals surface area contributed by atoms with Gasteiger partial charge in [0.15, 0.2) is 0 Å². The number of benzene rings is 1. The van der Waals surface area contributed by atoms with Crippen molar-refractivity contribution in [1.82, 2.24) is 9.88 Å². The van der Waals surface area contributed by atoms with E-state index in [0.717, 1.165) is 11.1 Å². The first-order valence-electron chi connectivity index (χ1n) is 8.18. The first kappa shape index (κ1) is 20.6. The fourth-order valence-corrected chi connectivity index (χ4v) is 5.65. The molecule has 28 heavy (non-hydrogen) atoms. The quantitative estimate of drug-likeness (QED) is 0.630. The fourth-order valence-electron chi connectivity index (χ4n) is 2.77. The number of hydrogen-bond acceptors (Lipinski definition) is 5. The molecule has 0 aliphatic heterocycles. The Balaban J connectivity index is 1.97. The molecule has 1 N–H and O–H groups in total. The number of halogens is 3. The van der Waals surface area contributed by atoms with Crippen LogP contribution < -0.4 is 4.72 Å². The maximum atomic E-state index is 12.9. The van der Waals surface area contributed by atoms with Gasteiger partial charge in [-0.25, -0.2) is 13.1 Å². The van der Waals surface area contributed by atoms with E-state index in [1.165, 1.54) is 11.3 Å². The molecule has 1 aromatic carbocycles. The topological polar surface area (TPSA) is 72.2 Å². The molecule has 2 heterocycles. The lowest BCUT2D eigenvalue weighted by molar-refractivity contribution is -0.155. The van der Waals surface area contributed by atoms with Gasteiger partial charge in [-0.2, -0.15) is 13.2 Å². The molecule has 0 fully saturated rings. The maximum Gasteiger partial charge on any atom is 0.452 e. The van der Waals surface area contributed by atoms with Crippen LogP contribution in [0.5, 0.6) is 0 Å². The standard InChI is InChI=1S/C18H17F3N2O3S2/c1-10-4-6-13(7-5-10)9-22-28(24,25)17-12(3)27-11(2)16(17)14-8-15(26-23-14)18(19,20)21/h4-8,22H,9H2,1-3H3.